The van der Waals surface area contributed by atoms with Gasteiger partial charge < -0.3 is 14.4 Å². The van der Waals surface area contributed by atoms with Gasteiger partial charge >= 0.3 is 19.8 Å². The van der Waals surface area contributed by atoms with E-state index in [-0.39, 0.29) is 53.7 Å². The van der Waals surface area contributed by atoms with E-state index < -0.39 is 26.0 Å². The second-order valence-corrected chi connectivity index (χ2v) is 24.6. The molecule has 4 saturated carbocycles. The molecule has 352 valence electrons. The Bertz CT molecular complexity index is 1670. The Labute approximate surface area is 376 Å². The highest BCUT2D eigenvalue weighted by Crippen LogP contribution is 2.69. The van der Waals surface area contributed by atoms with E-state index in [0.29, 0.717) is 30.1 Å². The predicted octanol–water partition coefficient (Wildman–Crippen LogP) is 13.5. The molecule has 7 rings (SSSR count). The first-order chi connectivity index (χ1) is 29.3. The summed E-state index contributed by atoms with van der Waals surface area (Å²) in [6.45, 7) is 23.3. The van der Waals surface area contributed by atoms with Crippen molar-refractivity contribution in [2.45, 2.75) is 209 Å². The number of phosphoric ester groups is 1. The zero-order valence-electron chi connectivity index (χ0n) is 40.5. The van der Waals surface area contributed by atoms with Gasteiger partial charge in [0.25, 0.3) is 0 Å². The van der Waals surface area contributed by atoms with Gasteiger partial charge in [-0.25, -0.2) is 4.57 Å². The van der Waals surface area contributed by atoms with Crippen LogP contribution in [0.3, 0.4) is 0 Å². The summed E-state index contributed by atoms with van der Waals surface area (Å²) >= 11 is 0. The molecular formula is C53H87O8P. The summed E-state index contributed by atoms with van der Waals surface area (Å²) < 4.78 is 37.7. The summed E-state index contributed by atoms with van der Waals surface area (Å²) in [6, 6.07) is 0. The van der Waals surface area contributed by atoms with Crippen LogP contribution in [-0.2, 0) is 32.7 Å². The van der Waals surface area contributed by atoms with Crippen LogP contribution < -0.4 is 0 Å². The number of ether oxygens (including phenoxy) is 2. The summed E-state index contributed by atoms with van der Waals surface area (Å²) in [7, 11) is -4.43. The van der Waals surface area contributed by atoms with Crippen LogP contribution in [0.25, 0.3) is 0 Å². The van der Waals surface area contributed by atoms with Crippen molar-refractivity contribution in [3.05, 3.63) is 23.8 Å². The molecule has 4 unspecified atom stereocenters. The van der Waals surface area contributed by atoms with Crippen molar-refractivity contribution < 1.29 is 37.6 Å². The Morgan fingerprint density at radius 2 is 1.61 bits per heavy atom. The number of hydrogen-bond acceptors (Lipinski definition) is 7. The molecule has 0 aromatic heterocycles. The van der Waals surface area contributed by atoms with Gasteiger partial charge in [-0.1, -0.05) is 100 Å². The molecule has 0 aromatic rings. The van der Waals surface area contributed by atoms with Gasteiger partial charge in [-0.3, -0.25) is 18.6 Å². The summed E-state index contributed by atoms with van der Waals surface area (Å²) in [5.41, 5.74) is 1.94. The van der Waals surface area contributed by atoms with E-state index >= 15 is 0 Å². The largest absolute Gasteiger partial charge is 0.472 e. The maximum absolute atomic E-state index is 13.7. The quantitative estimate of drug-likeness (QED) is 0.121. The van der Waals surface area contributed by atoms with Crippen molar-refractivity contribution in [2.75, 3.05) is 0 Å². The molecule has 7 aliphatic rings. The van der Waals surface area contributed by atoms with Crippen molar-refractivity contribution in [1.29, 1.82) is 0 Å². The fourth-order valence-corrected chi connectivity index (χ4v) is 16.7. The summed E-state index contributed by atoms with van der Waals surface area (Å²) in [6.07, 6.45) is 22.9. The fourth-order valence-electron chi connectivity index (χ4n) is 15.5. The molecule has 1 aliphatic heterocycles. The lowest BCUT2D eigenvalue weighted by Crippen LogP contribution is -2.54. The zero-order valence-corrected chi connectivity index (χ0v) is 41.4. The minimum atomic E-state index is -4.43. The molecule has 19 atom stereocenters. The Balaban J connectivity index is 0.916. The highest BCUT2D eigenvalue weighted by molar-refractivity contribution is 7.47. The van der Waals surface area contributed by atoms with E-state index in [1.165, 1.54) is 63.4 Å². The minimum absolute atomic E-state index is 0.0562. The number of allylic oxidation sites excluding steroid dienone is 3. The molecule has 0 radical (unpaired) electrons. The Morgan fingerprint density at radius 1 is 0.887 bits per heavy atom. The first kappa shape index (κ1) is 48.5. The molecule has 62 heavy (non-hydrogen) atoms. The topological polar surface area (TPSA) is 108 Å². The van der Waals surface area contributed by atoms with Gasteiger partial charge in [-0.2, -0.15) is 0 Å². The fraction of sp³-hybridized carbons (Fsp3) is 0.887. The van der Waals surface area contributed by atoms with Gasteiger partial charge in [0.2, 0.25) is 0 Å². The molecule has 1 N–H and O–H groups in total. The van der Waals surface area contributed by atoms with Gasteiger partial charge in [0.05, 0.1) is 24.5 Å². The van der Waals surface area contributed by atoms with Crippen LogP contribution in [0.1, 0.15) is 185 Å². The minimum Gasteiger partial charge on any atom is -0.462 e. The van der Waals surface area contributed by atoms with Crippen LogP contribution in [0.15, 0.2) is 23.8 Å². The summed E-state index contributed by atoms with van der Waals surface area (Å²) in [5.74, 6) is 6.31. The van der Waals surface area contributed by atoms with Gasteiger partial charge in [-0.15, -0.1) is 0 Å². The molecule has 1 heterocycles. The number of carbonyl (C=O) groups excluding carboxylic acids is 2. The lowest BCUT2D eigenvalue weighted by molar-refractivity contribution is -0.162. The van der Waals surface area contributed by atoms with E-state index in [1.54, 1.807) is 0 Å². The Kier molecular flexibility index (Phi) is 15.5. The maximum Gasteiger partial charge on any atom is 0.472 e. The van der Waals surface area contributed by atoms with E-state index in [1.807, 2.05) is 13.8 Å². The van der Waals surface area contributed by atoms with Gasteiger partial charge in [0, 0.05) is 12.3 Å². The standard InChI is InChI=1S/C53H87O8P/c1-11-34(6)51(55)59-48-28-33(5)27-38-16-13-35(7)43(50(38)48)20-18-40-30-42(31-49(54)58-40)61-62(56,57)60-41-23-25-52(9)39(29-41)17-19-44-46-22-21-45(53(46,10)26-24-47(44)52)36(8)14-15-37(12-2)32(3)4/h13,16,27,32-37,39-48,50H,11-12,14-15,17-26,28-31H2,1-10H3,(H,56,57)/t33-,34-,35-,36+,37-,39-,40+,41?,42?,43-,44-,45?,46-,47-,48-,50-,52-,53+/m0/s1. The van der Waals surface area contributed by atoms with E-state index in [4.69, 9.17) is 18.5 Å². The van der Waals surface area contributed by atoms with E-state index in [0.717, 1.165) is 80.0 Å². The third-order valence-electron chi connectivity index (χ3n) is 19.3. The van der Waals surface area contributed by atoms with E-state index in [9.17, 15) is 19.0 Å². The molecule has 8 nitrogen and oxygen atoms in total. The number of rotatable bonds is 16. The van der Waals surface area contributed by atoms with Gasteiger partial charge in [0.15, 0.2) is 0 Å². The molecule has 0 amide bonds. The second kappa shape index (κ2) is 19.8. The van der Waals surface area contributed by atoms with Crippen molar-refractivity contribution in [2.24, 2.45) is 87.8 Å². The lowest BCUT2D eigenvalue weighted by atomic mass is 9.44. The summed E-state index contributed by atoms with van der Waals surface area (Å²) in [5, 5.41) is 0. The first-order valence-corrected chi connectivity index (χ1v) is 27.3. The number of carbonyl (C=O) groups is 2. The number of hydrogen-bond donors (Lipinski definition) is 1. The van der Waals surface area contributed by atoms with Crippen molar-refractivity contribution in [3.8, 4) is 0 Å². The van der Waals surface area contributed by atoms with E-state index in [2.05, 4.69) is 73.6 Å². The van der Waals surface area contributed by atoms with Crippen LogP contribution in [0.2, 0.25) is 0 Å². The van der Waals surface area contributed by atoms with Gasteiger partial charge in [-0.05, 0) is 171 Å². The zero-order chi connectivity index (χ0) is 44.7. The third-order valence-corrected chi connectivity index (χ3v) is 20.4. The molecule has 0 aromatic carbocycles. The lowest BCUT2D eigenvalue weighted by Gasteiger charge is -2.61. The highest BCUT2D eigenvalue weighted by atomic mass is 31.2. The van der Waals surface area contributed by atoms with Crippen LogP contribution >= 0.6 is 7.82 Å². The molecule has 1 saturated heterocycles. The van der Waals surface area contributed by atoms with Crippen LogP contribution in [0.4, 0.5) is 0 Å². The number of fused-ring (bicyclic) bond motifs is 6. The molecule has 9 heteroatoms. The second-order valence-electron chi connectivity index (χ2n) is 23.3. The average molecular weight is 883 g/mol. The third kappa shape index (κ3) is 10.2. The van der Waals surface area contributed by atoms with Crippen molar-refractivity contribution >= 4 is 19.8 Å². The predicted molar refractivity (Wildman–Crippen MR) is 247 cm³/mol. The first-order valence-electron chi connectivity index (χ1n) is 25.8. The monoisotopic (exact) mass is 883 g/mol. The normalized spacial score (nSPS) is 42.9. The van der Waals surface area contributed by atoms with Crippen LogP contribution in [0.5, 0.6) is 0 Å². The molecule has 6 aliphatic carbocycles. The molecule has 0 spiro atoms. The van der Waals surface area contributed by atoms with Gasteiger partial charge in [0.1, 0.15) is 12.2 Å². The Morgan fingerprint density at radius 3 is 2.34 bits per heavy atom. The highest BCUT2D eigenvalue weighted by Gasteiger charge is 2.61. The smallest absolute Gasteiger partial charge is 0.462 e. The summed E-state index contributed by atoms with van der Waals surface area (Å²) in [4.78, 5) is 37.2. The van der Waals surface area contributed by atoms with Crippen molar-refractivity contribution in [3.63, 3.8) is 0 Å². The molecule has 0 bridgehead atoms. The SMILES string of the molecule is CC[C@@H](CC[C@@H](C)C1CC[C@H]2[C@@H]3CC[C@H]4CC(OP(=O)(O)OC5CC(=O)O[C@H](CC[C@@H]6[C@@H]7C(=C[C@H](C)C[C@@H]7OC(=O)[C@@H](C)CC)C=C[C@@H]6C)C5)CC[C@]4(C)[C@H]3CC[C@]12C)C(C)C. The van der Waals surface area contributed by atoms with Crippen LogP contribution in [-0.4, -0.2) is 41.2 Å². The Hall–Kier alpha value is -1.47. The number of esters is 2. The average Bonchev–Trinajstić information content (AvgIpc) is 3.57. The molecular weight excluding hydrogens is 796 g/mol. The molecule has 5 fully saturated rings. The van der Waals surface area contributed by atoms with Crippen molar-refractivity contribution in [1.82, 2.24) is 0 Å². The van der Waals surface area contributed by atoms with Crippen LogP contribution in [0, 0.1) is 87.8 Å². The number of phosphoric acid groups is 1. The maximum atomic E-state index is 13.7. The number of cyclic esters (lactones) is 1.